The van der Waals surface area contributed by atoms with E-state index in [-0.39, 0.29) is 0 Å². The minimum atomic E-state index is 1.02. The lowest BCUT2D eigenvalue weighted by Gasteiger charge is -2.31. The number of likely N-dealkylation sites (tertiary alicyclic amines) is 1. The predicted molar refractivity (Wildman–Crippen MR) is 75.3 cm³/mol. The summed E-state index contributed by atoms with van der Waals surface area (Å²) >= 11 is 0. The zero-order chi connectivity index (χ0) is 11.8. The van der Waals surface area contributed by atoms with Crippen LogP contribution in [0.5, 0.6) is 0 Å². The molecule has 100 valence electrons. The number of hydrogen-bond acceptors (Lipinski definition) is 1. The van der Waals surface area contributed by atoms with Crippen LogP contribution in [0.15, 0.2) is 0 Å². The molecule has 0 amide bonds. The van der Waals surface area contributed by atoms with Crippen molar-refractivity contribution < 1.29 is 0 Å². The molecule has 0 atom stereocenters. The number of nitrogens with zero attached hydrogens (tertiary/aromatic N) is 1. The molecule has 2 aliphatic rings. The molecule has 1 heterocycles. The van der Waals surface area contributed by atoms with E-state index < -0.39 is 0 Å². The van der Waals surface area contributed by atoms with Gasteiger partial charge in [-0.25, -0.2) is 0 Å². The van der Waals surface area contributed by atoms with Crippen LogP contribution in [-0.4, -0.2) is 24.5 Å². The van der Waals surface area contributed by atoms with Crippen molar-refractivity contribution in [3.8, 4) is 0 Å². The van der Waals surface area contributed by atoms with Crippen molar-refractivity contribution in [2.45, 2.75) is 77.0 Å². The number of piperidine rings is 1. The summed E-state index contributed by atoms with van der Waals surface area (Å²) in [6.45, 7) is 4.19. The van der Waals surface area contributed by atoms with Crippen LogP contribution in [-0.2, 0) is 0 Å². The summed E-state index contributed by atoms with van der Waals surface area (Å²) in [5.41, 5.74) is 0. The Morgan fingerprint density at radius 2 is 1.06 bits per heavy atom. The summed E-state index contributed by atoms with van der Waals surface area (Å²) < 4.78 is 0. The normalized spacial score (nSPS) is 26.8. The van der Waals surface area contributed by atoms with Gasteiger partial charge in [0.1, 0.15) is 0 Å². The Morgan fingerprint density at radius 3 is 1.65 bits per heavy atom. The standard InChI is InChI=1S/C16H31N/c1-2-4-7-11-16(12-8-5-3-1)15-17-13-9-6-10-14-17/h16H,1-15H2. The highest BCUT2D eigenvalue weighted by molar-refractivity contribution is 4.71. The zero-order valence-corrected chi connectivity index (χ0v) is 11.6. The van der Waals surface area contributed by atoms with Crippen molar-refractivity contribution in [1.82, 2.24) is 4.90 Å². The fourth-order valence-electron chi connectivity index (χ4n) is 3.58. The molecule has 1 heteroatoms. The van der Waals surface area contributed by atoms with Gasteiger partial charge in [-0.15, -0.1) is 0 Å². The molecule has 0 spiro atoms. The fraction of sp³-hybridized carbons (Fsp3) is 1.00. The molecule has 0 aromatic carbocycles. The highest BCUT2D eigenvalue weighted by Crippen LogP contribution is 2.23. The first kappa shape index (κ1) is 13.4. The van der Waals surface area contributed by atoms with Crippen LogP contribution in [0.4, 0.5) is 0 Å². The Bertz CT molecular complexity index is 174. The molecule has 17 heavy (non-hydrogen) atoms. The molecular weight excluding hydrogens is 206 g/mol. The molecule has 0 radical (unpaired) electrons. The van der Waals surface area contributed by atoms with Crippen molar-refractivity contribution in [2.75, 3.05) is 19.6 Å². The maximum Gasteiger partial charge on any atom is 0.000965 e. The average molecular weight is 237 g/mol. The maximum absolute atomic E-state index is 2.75. The summed E-state index contributed by atoms with van der Waals surface area (Å²) in [5, 5.41) is 0. The van der Waals surface area contributed by atoms with Crippen LogP contribution in [0.2, 0.25) is 0 Å². The van der Waals surface area contributed by atoms with Crippen molar-refractivity contribution >= 4 is 0 Å². The summed E-state index contributed by atoms with van der Waals surface area (Å²) in [7, 11) is 0. The second kappa shape index (κ2) is 8.13. The molecule has 0 N–H and O–H groups in total. The van der Waals surface area contributed by atoms with Crippen molar-refractivity contribution in [2.24, 2.45) is 5.92 Å². The molecule has 0 unspecified atom stereocenters. The summed E-state index contributed by atoms with van der Waals surface area (Å²) in [4.78, 5) is 2.75. The summed E-state index contributed by atoms with van der Waals surface area (Å²) in [6, 6.07) is 0. The molecule has 0 aromatic heterocycles. The van der Waals surface area contributed by atoms with Gasteiger partial charge in [0.2, 0.25) is 0 Å². The lowest BCUT2D eigenvalue weighted by Crippen LogP contribution is -2.34. The zero-order valence-electron chi connectivity index (χ0n) is 11.6. The molecule has 0 aromatic rings. The SMILES string of the molecule is C1CCCCC(CN2CCCCC2)CCCC1. The first-order valence-corrected chi connectivity index (χ1v) is 8.17. The van der Waals surface area contributed by atoms with Gasteiger partial charge in [-0.2, -0.15) is 0 Å². The third kappa shape index (κ3) is 5.42. The van der Waals surface area contributed by atoms with Gasteiger partial charge in [0, 0.05) is 6.54 Å². The molecule has 2 rings (SSSR count). The molecule has 1 saturated heterocycles. The molecule has 1 aliphatic heterocycles. The Balaban J connectivity index is 1.71. The van der Waals surface area contributed by atoms with E-state index in [9.17, 15) is 0 Å². The smallest absolute Gasteiger partial charge is 0.000965 e. The van der Waals surface area contributed by atoms with Crippen molar-refractivity contribution in [1.29, 1.82) is 0 Å². The van der Waals surface area contributed by atoms with Crippen LogP contribution in [0.25, 0.3) is 0 Å². The van der Waals surface area contributed by atoms with Crippen LogP contribution in [0, 0.1) is 5.92 Å². The highest BCUT2D eigenvalue weighted by Gasteiger charge is 2.16. The maximum atomic E-state index is 2.75. The largest absolute Gasteiger partial charge is 0.303 e. The molecular formula is C16H31N. The lowest BCUT2D eigenvalue weighted by molar-refractivity contribution is 0.181. The van der Waals surface area contributed by atoms with Gasteiger partial charge < -0.3 is 4.90 Å². The topological polar surface area (TPSA) is 3.24 Å². The highest BCUT2D eigenvalue weighted by atomic mass is 15.1. The Hall–Kier alpha value is -0.0400. The molecule has 1 saturated carbocycles. The van der Waals surface area contributed by atoms with Crippen LogP contribution in [0.3, 0.4) is 0 Å². The monoisotopic (exact) mass is 237 g/mol. The van der Waals surface area contributed by atoms with E-state index in [4.69, 9.17) is 0 Å². The predicted octanol–water partition coefficient (Wildman–Crippen LogP) is 4.61. The van der Waals surface area contributed by atoms with E-state index in [0.717, 1.165) is 5.92 Å². The lowest BCUT2D eigenvalue weighted by atomic mass is 9.91. The van der Waals surface area contributed by atoms with Gasteiger partial charge in [-0.3, -0.25) is 0 Å². The van der Waals surface area contributed by atoms with E-state index in [1.54, 1.807) is 0 Å². The van der Waals surface area contributed by atoms with Gasteiger partial charge in [0.15, 0.2) is 0 Å². The third-order valence-electron chi connectivity index (χ3n) is 4.69. The number of rotatable bonds is 2. The van der Waals surface area contributed by atoms with Crippen molar-refractivity contribution in [3.63, 3.8) is 0 Å². The van der Waals surface area contributed by atoms with Gasteiger partial charge in [0.25, 0.3) is 0 Å². The Labute approximate surface area is 108 Å². The first-order valence-electron chi connectivity index (χ1n) is 8.17. The van der Waals surface area contributed by atoms with Crippen molar-refractivity contribution in [3.05, 3.63) is 0 Å². The average Bonchev–Trinajstić information content (AvgIpc) is 2.38. The van der Waals surface area contributed by atoms with E-state index in [0.29, 0.717) is 0 Å². The second-order valence-electron chi connectivity index (χ2n) is 6.28. The Kier molecular flexibility index (Phi) is 6.41. The molecule has 2 fully saturated rings. The second-order valence-corrected chi connectivity index (χ2v) is 6.28. The van der Waals surface area contributed by atoms with E-state index in [1.165, 1.54) is 96.7 Å². The first-order chi connectivity index (χ1) is 8.45. The fourth-order valence-corrected chi connectivity index (χ4v) is 3.58. The van der Waals surface area contributed by atoms with Gasteiger partial charge in [0.05, 0.1) is 0 Å². The quantitative estimate of drug-likeness (QED) is 0.678. The van der Waals surface area contributed by atoms with E-state index in [2.05, 4.69) is 4.90 Å². The van der Waals surface area contributed by atoms with E-state index in [1.807, 2.05) is 0 Å². The van der Waals surface area contributed by atoms with E-state index >= 15 is 0 Å². The minimum absolute atomic E-state index is 1.02. The third-order valence-corrected chi connectivity index (χ3v) is 4.69. The van der Waals surface area contributed by atoms with Gasteiger partial charge >= 0.3 is 0 Å². The number of hydrogen-bond donors (Lipinski definition) is 0. The molecule has 1 nitrogen and oxygen atoms in total. The molecule has 1 aliphatic carbocycles. The Morgan fingerprint density at radius 1 is 0.588 bits per heavy atom. The summed E-state index contributed by atoms with van der Waals surface area (Å²) in [6.07, 6.45) is 17.9. The van der Waals surface area contributed by atoms with Gasteiger partial charge in [-0.1, -0.05) is 51.4 Å². The van der Waals surface area contributed by atoms with Gasteiger partial charge in [-0.05, 0) is 44.7 Å². The minimum Gasteiger partial charge on any atom is -0.303 e. The van der Waals surface area contributed by atoms with Crippen LogP contribution < -0.4 is 0 Å². The van der Waals surface area contributed by atoms with Crippen LogP contribution in [0.1, 0.15) is 77.0 Å². The summed E-state index contributed by atoms with van der Waals surface area (Å²) in [5.74, 6) is 1.02. The van der Waals surface area contributed by atoms with Crippen LogP contribution >= 0.6 is 0 Å². The molecule has 0 bridgehead atoms.